The number of nitrogens with zero attached hydrogens (tertiary/aromatic N) is 2. The quantitative estimate of drug-likeness (QED) is 0.599. The predicted molar refractivity (Wildman–Crippen MR) is 110 cm³/mol. The minimum absolute atomic E-state index is 0.249. The van der Waals surface area contributed by atoms with Crippen molar-refractivity contribution in [3.8, 4) is 0 Å². The monoisotopic (exact) mass is 467 g/mol. The second-order valence-corrected chi connectivity index (χ2v) is 9.30. The second kappa shape index (κ2) is 8.23. The van der Waals surface area contributed by atoms with Gasteiger partial charge in [0.2, 0.25) is 0 Å². The van der Waals surface area contributed by atoms with Gasteiger partial charge in [0.1, 0.15) is 0 Å². The van der Waals surface area contributed by atoms with Gasteiger partial charge in [0.25, 0.3) is 10.0 Å². The molecular formula is C21H17ClF3N3O2S. The fourth-order valence-electron chi connectivity index (χ4n) is 3.61. The van der Waals surface area contributed by atoms with Crippen LogP contribution in [0.3, 0.4) is 0 Å². The Kier molecular flexibility index (Phi) is 5.78. The van der Waals surface area contributed by atoms with Crippen molar-refractivity contribution < 1.29 is 21.6 Å². The number of sulfonamides is 1. The van der Waals surface area contributed by atoms with Crippen LogP contribution in [0, 0.1) is 0 Å². The van der Waals surface area contributed by atoms with Gasteiger partial charge in [-0.2, -0.15) is 13.2 Å². The van der Waals surface area contributed by atoms with Crippen LogP contribution >= 0.6 is 11.6 Å². The van der Waals surface area contributed by atoms with Crippen LogP contribution in [0.2, 0.25) is 5.02 Å². The molecule has 2 atom stereocenters. The molecule has 1 saturated heterocycles. The summed E-state index contributed by atoms with van der Waals surface area (Å²) in [6, 6.07) is 15.3. The largest absolute Gasteiger partial charge is 0.416 e. The molecule has 31 heavy (non-hydrogen) atoms. The van der Waals surface area contributed by atoms with E-state index in [1.807, 2.05) is 30.3 Å². The predicted octanol–water partition coefficient (Wildman–Crippen LogP) is 4.79. The van der Waals surface area contributed by atoms with E-state index in [4.69, 9.17) is 11.6 Å². The lowest BCUT2D eigenvalue weighted by molar-refractivity contribution is -0.137. The first kappa shape index (κ1) is 21.8. The lowest BCUT2D eigenvalue weighted by atomic mass is 9.91. The van der Waals surface area contributed by atoms with Gasteiger partial charge in [-0.05, 0) is 42.0 Å². The summed E-state index contributed by atoms with van der Waals surface area (Å²) in [5, 5.41) is 0.406. The van der Waals surface area contributed by atoms with E-state index in [1.165, 1.54) is 6.20 Å². The molecule has 0 amide bonds. The molecule has 1 aromatic heterocycles. The molecule has 0 saturated carbocycles. The van der Waals surface area contributed by atoms with Crippen LogP contribution in [-0.4, -0.2) is 24.4 Å². The van der Waals surface area contributed by atoms with Gasteiger partial charge in [-0.25, -0.2) is 13.8 Å². The Hall–Kier alpha value is -2.46. The molecule has 1 fully saturated rings. The van der Waals surface area contributed by atoms with Gasteiger partial charge in [-0.1, -0.05) is 41.9 Å². The van der Waals surface area contributed by atoms with E-state index in [1.54, 1.807) is 12.1 Å². The highest BCUT2D eigenvalue weighted by atomic mass is 35.5. The molecule has 1 N–H and O–H groups in total. The van der Waals surface area contributed by atoms with Crippen molar-refractivity contribution in [2.75, 3.05) is 6.54 Å². The zero-order chi connectivity index (χ0) is 22.2. The molecular weight excluding hydrogens is 451 g/mol. The van der Waals surface area contributed by atoms with Gasteiger partial charge < -0.3 is 0 Å². The fraction of sp³-hybridized carbons (Fsp3) is 0.190. The van der Waals surface area contributed by atoms with Gasteiger partial charge in [0.15, 0.2) is 0 Å². The third kappa shape index (κ3) is 4.31. The maximum absolute atomic E-state index is 13.4. The molecule has 0 spiro atoms. The number of nitrogens with one attached hydrogen (secondary N) is 1. The molecule has 2 aromatic carbocycles. The maximum Gasteiger partial charge on any atom is 0.416 e. The molecule has 2 unspecified atom stereocenters. The Morgan fingerprint density at radius 2 is 1.68 bits per heavy atom. The number of benzene rings is 2. The second-order valence-electron chi connectivity index (χ2n) is 7.05. The molecule has 0 radical (unpaired) electrons. The molecule has 1 aliphatic rings. The Labute approximate surface area is 182 Å². The van der Waals surface area contributed by atoms with Crippen LogP contribution in [0.1, 0.15) is 28.8 Å². The molecule has 3 aromatic rings. The van der Waals surface area contributed by atoms with Crippen LogP contribution in [0.5, 0.6) is 0 Å². The highest BCUT2D eigenvalue weighted by Crippen LogP contribution is 2.41. The average Bonchev–Trinajstić information content (AvgIpc) is 3.20. The zero-order valence-electron chi connectivity index (χ0n) is 15.9. The molecule has 1 aliphatic heterocycles. The molecule has 5 nitrogen and oxygen atoms in total. The van der Waals surface area contributed by atoms with Crippen molar-refractivity contribution >= 4 is 21.6 Å². The van der Waals surface area contributed by atoms with E-state index in [2.05, 4.69) is 10.4 Å². The number of hydrogen-bond donors (Lipinski definition) is 1. The van der Waals surface area contributed by atoms with Crippen molar-refractivity contribution in [2.45, 2.75) is 23.0 Å². The van der Waals surface area contributed by atoms with Crippen LogP contribution < -0.4 is 5.43 Å². The first-order valence-electron chi connectivity index (χ1n) is 9.29. The van der Waals surface area contributed by atoms with Crippen molar-refractivity contribution in [1.82, 2.24) is 14.8 Å². The van der Waals surface area contributed by atoms with Crippen LogP contribution in [0.15, 0.2) is 77.8 Å². The van der Waals surface area contributed by atoms with Crippen LogP contribution in [0.4, 0.5) is 13.2 Å². The fourth-order valence-corrected chi connectivity index (χ4v) is 5.23. The third-order valence-electron chi connectivity index (χ3n) is 5.12. The van der Waals surface area contributed by atoms with Gasteiger partial charge >= 0.3 is 6.18 Å². The third-order valence-corrected chi connectivity index (χ3v) is 7.09. The summed E-state index contributed by atoms with van der Waals surface area (Å²) in [4.78, 5) is 4.06. The topological polar surface area (TPSA) is 62.3 Å². The highest BCUT2D eigenvalue weighted by Gasteiger charge is 2.44. The first-order valence-corrected chi connectivity index (χ1v) is 11.1. The Balaban J connectivity index is 1.75. The van der Waals surface area contributed by atoms with Gasteiger partial charge in [0.05, 0.1) is 27.2 Å². The number of rotatable bonds is 4. The van der Waals surface area contributed by atoms with E-state index in [0.29, 0.717) is 17.3 Å². The van der Waals surface area contributed by atoms with E-state index in [-0.39, 0.29) is 10.8 Å². The van der Waals surface area contributed by atoms with Crippen molar-refractivity contribution in [3.05, 3.63) is 94.8 Å². The Morgan fingerprint density at radius 3 is 2.26 bits per heavy atom. The van der Waals surface area contributed by atoms with E-state index >= 15 is 0 Å². The summed E-state index contributed by atoms with van der Waals surface area (Å²) in [5.41, 5.74) is 3.36. The van der Waals surface area contributed by atoms with Gasteiger partial charge in [-0.15, -0.1) is 4.41 Å². The summed E-state index contributed by atoms with van der Waals surface area (Å²) in [6.45, 7) is 0.304. The summed E-state index contributed by atoms with van der Waals surface area (Å²) in [6.07, 6.45) is -3.12. The lowest BCUT2D eigenvalue weighted by Crippen LogP contribution is -2.39. The number of halogens is 4. The Morgan fingerprint density at radius 1 is 1.00 bits per heavy atom. The minimum atomic E-state index is -4.55. The van der Waals surface area contributed by atoms with Gasteiger partial charge in [-0.3, -0.25) is 4.98 Å². The number of alkyl halides is 3. The molecule has 4 rings (SSSR count). The SMILES string of the molecule is O=S(=O)(c1ccc(C(F)(F)F)cc1)N1NCC(c2ccccc2)C1c1ccc(Cl)cn1. The van der Waals surface area contributed by atoms with E-state index < -0.39 is 27.8 Å². The molecule has 0 aliphatic carbocycles. The smallest absolute Gasteiger partial charge is 0.258 e. The number of hydrazine groups is 1. The Bertz CT molecular complexity index is 1160. The molecule has 10 heteroatoms. The molecule has 162 valence electrons. The molecule has 0 bridgehead atoms. The highest BCUT2D eigenvalue weighted by molar-refractivity contribution is 7.89. The summed E-state index contributed by atoms with van der Waals surface area (Å²) in [5.74, 6) is -0.265. The summed E-state index contributed by atoms with van der Waals surface area (Å²) < 4.78 is 66.4. The standard InChI is InChI=1S/C21H17ClF3N3O2S/c22-16-8-11-19(26-12-16)20-18(14-4-2-1-3-5-14)13-27-28(20)31(29,30)17-9-6-15(7-10-17)21(23,24)25/h1-12,18,20,27H,13H2. The first-order chi connectivity index (χ1) is 14.7. The number of pyridine rings is 1. The average molecular weight is 468 g/mol. The normalized spacial score (nSPS) is 20.1. The van der Waals surface area contributed by atoms with Crippen LogP contribution in [-0.2, 0) is 16.2 Å². The number of hydrogen-bond acceptors (Lipinski definition) is 4. The maximum atomic E-state index is 13.4. The van der Waals surface area contributed by atoms with E-state index in [9.17, 15) is 21.6 Å². The van der Waals surface area contributed by atoms with Gasteiger partial charge in [0, 0.05) is 18.7 Å². The van der Waals surface area contributed by atoms with Crippen molar-refractivity contribution in [3.63, 3.8) is 0 Å². The van der Waals surface area contributed by atoms with Crippen molar-refractivity contribution in [2.24, 2.45) is 0 Å². The number of aromatic nitrogens is 1. The minimum Gasteiger partial charge on any atom is -0.258 e. The summed E-state index contributed by atoms with van der Waals surface area (Å²) in [7, 11) is -4.17. The zero-order valence-corrected chi connectivity index (χ0v) is 17.5. The molecule has 2 heterocycles. The van der Waals surface area contributed by atoms with E-state index in [0.717, 1.165) is 34.2 Å². The van der Waals surface area contributed by atoms with Crippen molar-refractivity contribution in [1.29, 1.82) is 0 Å². The lowest BCUT2D eigenvalue weighted by Gasteiger charge is -2.26. The van der Waals surface area contributed by atoms with Crippen LogP contribution in [0.25, 0.3) is 0 Å². The summed E-state index contributed by atoms with van der Waals surface area (Å²) >= 11 is 5.94.